The normalized spacial score (nSPS) is 12.2. The molecule has 0 saturated heterocycles. The van der Waals surface area contributed by atoms with Gasteiger partial charge in [-0.05, 0) is 19.4 Å². The number of benzene rings is 1. The van der Waals surface area contributed by atoms with E-state index in [-0.39, 0.29) is 12.1 Å². The van der Waals surface area contributed by atoms with Gasteiger partial charge in [-0.3, -0.25) is 0 Å². The van der Waals surface area contributed by atoms with E-state index in [2.05, 4.69) is 4.98 Å². The number of carbonyl (C=O) groups is 1. The van der Waals surface area contributed by atoms with Gasteiger partial charge in [0.1, 0.15) is 11.1 Å². The van der Waals surface area contributed by atoms with Gasteiger partial charge < -0.3 is 9.47 Å². The number of esters is 1. The molecule has 2 aromatic rings. The van der Waals surface area contributed by atoms with E-state index in [1.807, 2.05) is 37.3 Å². The second kappa shape index (κ2) is 6.63. The summed E-state index contributed by atoms with van der Waals surface area (Å²) in [6, 6.07) is 9.82. The fraction of sp³-hybridized carbons (Fsp3) is 0.333. The summed E-state index contributed by atoms with van der Waals surface area (Å²) >= 11 is 1.46. The average Bonchev–Trinajstić information content (AvgIpc) is 2.83. The van der Waals surface area contributed by atoms with Crippen LogP contribution in [0.15, 0.2) is 30.3 Å². The summed E-state index contributed by atoms with van der Waals surface area (Å²) in [5, 5.41) is 0.763. The van der Waals surface area contributed by atoms with Gasteiger partial charge >= 0.3 is 5.97 Å². The number of nitrogens with zero attached hydrogens (tertiary/aromatic N) is 1. The number of rotatable bonds is 5. The SMILES string of the molecule is CCOC(=O)c1nc(C(OC)c2ccccc2)sc1C. The smallest absolute Gasteiger partial charge is 0.358 e. The molecular formula is C15H17NO3S. The standard InChI is InChI=1S/C15H17NO3S/c1-4-19-15(17)12-10(2)20-14(16-12)13(18-3)11-8-6-5-7-9-11/h5-9,13H,4H2,1-3H3. The van der Waals surface area contributed by atoms with E-state index in [4.69, 9.17) is 9.47 Å². The summed E-state index contributed by atoms with van der Waals surface area (Å²) in [5.41, 5.74) is 1.39. The average molecular weight is 291 g/mol. The van der Waals surface area contributed by atoms with Gasteiger partial charge in [-0.1, -0.05) is 30.3 Å². The fourth-order valence-electron chi connectivity index (χ4n) is 1.93. The minimum atomic E-state index is -0.379. The van der Waals surface area contributed by atoms with Crippen molar-refractivity contribution in [2.75, 3.05) is 13.7 Å². The van der Waals surface area contributed by atoms with Crippen molar-refractivity contribution < 1.29 is 14.3 Å². The first kappa shape index (κ1) is 14.7. The Kier molecular flexibility index (Phi) is 4.87. The molecule has 0 aliphatic heterocycles. The van der Waals surface area contributed by atoms with E-state index >= 15 is 0 Å². The molecule has 0 fully saturated rings. The molecule has 2 rings (SSSR count). The first-order valence-corrected chi connectivity index (χ1v) is 7.21. The van der Waals surface area contributed by atoms with Gasteiger partial charge in [-0.25, -0.2) is 9.78 Å². The highest BCUT2D eigenvalue weighted by Crippen LogP contribution is 2.30. The molecule has 1 atom stereocenters. The molecule has 0 aliphatic carbocycles. The largest absolute Gasteiger partial charge is 0.461 e. The van der Waals surface area contributed by atoms with Gasteiger partial charge in [0.15, 0.2) is 5.69 Å². The number of methoxy groups -OCH3 is 1. The summed E-state index contributed by atoms with van der Waals surface area (Å²) in [6.07, 6.45) is -0.261. The molecule has 1 unspecified atom stereocenters. The van der Waals surface area contributed by atoms with Gasteiger partial charge in [-0.2, -0.15) is 0 Å². The minimum absolute atomic E-state index is 0.261. The number of hydrogen-bond acceptors (Lipinski definition) is 5. The van der Waals surface area contributed by atoms with E-state index in [0.717, 1.165) is 15.4 Å². The maximum Gasteiger partial charge on any atom is 0.358 e. The molecule has 0 spiro atoms. The summed E-state index contributed by atoms with van der Waals surface area (Å²) in [6.45, 7) is 3.99. The van der Waals surface area contributed by atoms with Crippen LogP contribution in [0, 0.1) is 6.92 Å². The van der Waals surface area contributed by atoms with Crippen molar-refractivity contribution >= 4 is 17.3 Å². The molecule has 0 radical (unpaired) electrons. The highest BCUT2D eigenvalue weighted by Gasteiger charge is 2.22. The summed E-state index contributed by atoms with van der Waals surface area (Å²) in [4.78, 5) is 17.0. The second-order valence-corrected chi connectivity index (χ2v) is 5.44. The quantitative estimate of drug-likeness (QED) is 0.793. The van der Waals surface area contributed by atoms with E-state index in [0.29, 0.717) is 12.3 Å². The summed E-state index contributed by atoms with van der Waals surface area (Å²) in [7, 11) is 1.64. The Bertz CT molecular complexity index is 580. The summed E-state index contributed by atoms with van der Waals surface area (Å²) in [5.74, 6) is -0.379. The Morgan fingerprint density at radius 1 is 1.35 bits per heavy atom. The lowest BCUT2D eigenvalue weighted by Crippen LogP contribution is -2.08. The molecule has 1 heterocycles. The van der Waals surface area contributed by atoms with Crippen LogP contribution in [-0.2, 0) is 9.47 Å². The predicted octanol–water partition coefficient (Wildman–Crippen LogP) is 3.36. The summed E-state index contributed by atoms with van der Waals surface area (Å²) < 4.78 is 10.5. The van der Waals surface area contributed by atoms with Crippen LogP contribution in [0.4, 0.5) is 0 Å². The van der Waals surface area contributed by atoms with E-state index in [1.165, 1.54) is 11.3 Å². The van der Waals surface area contributed by atoms with Crippen molar-refractivity contribution in [3.63, 3.8) is 0 Å². The van der Waals surface area contributed by atoms with Gasteiger partial charge in [0.05, 0.1) is 6.61 Å². The number of thiazole rings is 1. The van der Waals surface area contributed by atoms with Crippen LogP contribution in [0.2, 0.25) is 0 Å². The molecule has 0 N–H and O–H groups in total. The van der Waals surface area contributed by atoms with Crippen molar-refractivity contribution in [3.05, 3.63) is 51.5 Å². The number of carbonyl (C=O) groups excluding carboxylic acids is 1. The number of aryl methyl sites for hydroxylation is 1. The third-order valence-corrected chi connectivity index (χ3v) is 3.86. The molecular weight excluding hydrogens is 274 g/mol. The molecule has 4 nitrogen and oxygen atoms in total. The number of hydrogen-bond donors (Lipinski definition) is 0. The maximum atomic E-state index is 11.8. The Balaban J connectivity index is 2.32. The van der Waals surface area contributed by atoms with Crippen LogP contribution in [0.1, 0.15) is 39.0 Å². The molecule has 0 bridgehead atoms. The maximum absolute atomic E-state index is 11.8. The lowest BCUT2D eigenvalue weighted by atomic mass is 10.1. The van der Waals surface area contributed by atoms with Gasteiger partial charge in [0.2, 0.25) is 0 Å². The molecule has 1 aromatic heterocycles. The Labute approximate surface area is 122 Å². The molecule has 0 aliphatic rings. The lowest BCUT2D eigenvalue weighted by Gasteiger charge is -2.12. The highest BCUT2D eigenvalue weighted by atomic mass is 32.1. The van der Waals surface area contributed by atoms with Crippen LogP contribution in [0.3, 0.4) is 0 Å². The van der Waals surface area contributed by atoms with Crippen molar-refractivity contribution in [3.8, 4) is 0 Å². The predicted molar refractivity (Wildman–Crippen MR) is 78.1 cm³/mol. The van der Waals surface area contributed by atoms with Crippen molar-refractivity contribution in [2.45, 2.75) is 20.0 Å². The zero-order valence-electron chi connectivity index (χ0n) is 11.8. The molecule has 0 saturated carbocycles. The first-order valence-electron chi connectivity index (χ1n) is 6.39. The lowest BCUT2D eigenvalue weighted by molar-refractivity contribution is 0.0518. The van der Waals surface area contributed by atoms with Crippen LogP contribution in [0.5, 0.6) is 0 Å². The van der Waals surface area contributed by atoms with Gasteiger partial charge in [0, 0.05) is 12.0 Å². The van der Waals surface area contributed by atoms with Crippen LogP contribution in [-0.4, -0.2) is 24.7 Å². The minimum Gasteiger partial charge on any atom is -0.461 e. The van der Waals surface area contributed by atoms with Crippen LogP contribution < -0.4 is 0 Å². The van der Waals surface area contributed by atoms with Crippen molar-refractivity contribution in [2.24, 2.45) is 0 Å². The Morgan fingerprint density at radius 2 is 2.05 bits per heavy atom. The molecule has 1 aromatic carbocycles. The van der Waals surface area contributed by atoms with E-state index in [9.17, 15) is 4.79 Å². The molecule has 106 valence electrons. The molecule has 0 amide bonds. The van der Waals surface area contributed by atoms with Gasteiger partial charge in [-0.15, -0.1) is 11.3 Å². The monoisotopic (exact) mass is 291 g/mol. The third kappa shape index (κ3) is 3.05. The highest BCUT2D eigenvalue weighted by molar-refractivity contribution is 7.12. The van der Waals surface area contributed by atoms with Crippen molar-refractivity contribution in [1.29, 1.82) is 0 Å². The van der Waals surface area contributed by atoms with Gasteiger partial charge in [0.25, 0.3) is 0 Å². The van der Waals surface area contributed by atoms with Crippen LogP contribution >= 0.6 is 11.3 Å². The molecule has 5 heteroatoms. The third-order valence-electron chi connectivity index (χ3n) is 2.84. The number of aromatic nitrogens is 1. The molecule has 20 heavy (non-hydrogen) atoms. The zero-order valence-corrected chi connectivity index (χ0v) is 12.6. The van der Waals surface area contributed by atoms with Crippen LogP contribution in [0.25, 0.3) is 0 Å². The second-order valence-electron chi connectivity index (χ2n) is 4.20. The Morgan fingerprint density at radius 3 is 2.65 bits per heavy atom. The van der Waals surface area contributed by atoms with Crippen molar-refractivity contribution in [1.82, 2.24) is 4.98 Å². The fourth-order valence-corrected chi connectivity index (χ4v) is 2.94. The number of ether oxygens (including phenoxy) is 2. The van der Waals surface area contributed by atoms with E-state index in [1.54, 1.807) is 14.0 Å². The Hall–Kier alpha value is -1.72. The topological polar surface area (TPSA) is 48.4 Å². The first-order chi connectivity index (χ1) is 9.67. The zero-order chi connectivity index (χ0) is 14.5. The van der Waals surface area contributed by atoms with E-state index < -0.39 is 0 Å².